The second-order valence-electron chi connectivity index (χ2n) is 4.47. The monoisotopic (exact) mass is 352 g/mol. The number of hydrogen-bond donors (Lipinski definition) is 1. The largest absolute Gasteiger partial charge is 0.377 e. The number of rotatable bonds is 2. The molecule has 96 valence electrons. The van der Waals surface area contributed by atoms with Crippen LogP contribution in [0.5, 0.6) is 0 Å². The molecule has 3 rings (SSSR count). The van der Waals surface area contributed by atoms with Crippen molar-refractivity contribution >= 4 is 44.6 Å². The molecule has 1 aliphatic rings. The topological polar surface area (TPSA) is 35.8 Å². The van der Waals surface area contributed by atoms with Crippen LogP contribution in [0.4, 0.5) is 5.69 Å². The molecule has 0 bridgehead atoms. The maximum atomic E-state index is 9.19. The fraction of sp³-hybridized carbons (Fsp3) is 0.214. The maximum absolute atomic E-state index is 9.19. The smallest absolute Gasteiger partial charge is 0.101 e. The number of thiophene rings is 1. The molecule has 0 saturated heterocycles. The van der Waals surface area contributed by atoms with E-state index in [0.717, 1.165) is 27.3 Å². The van der Waals surface area contributed by atoms with Crippen molar-refractivity contribution in [2.45, 2.75) is 18.9 Å². The molecule has 0 radical (unpaired) electrons. The van der Waals surface area contributed by atoms with E-state index in [1.807, 2.05) is 24.3 Å². The zero-order valence-electron chi connectivity index (χ0n) is 9.91. The number of aryl methyl sites for hydroxylation is 1. The summed E-state index contributed by atoms with van der Waals surface area (Å²) < 4.78 is 1.76. The van der Waals surface area contributed by atoms with Crippen molar-refractivity contribution < 1.29 is 0 Å². The molecule has 0 saturated carbocycles. The Hall–Kier alpha value is -1.02. The van der Waals surface area contributed by atoms with Crippen LogP contribution in [0.15, 0.2) is 28.7 Å². The van der Waals surface area contributed by atoms with Gasteiger partial charge in [0.15, 0.2) is 0 Å². The molecule has 2 nitrogen and oxygen atoms in total. The predicted molar refractivity (Wildman–Crippen MR) is 82.9 cm³/mol. The minimum absolute atomic E-state index is 0.257. The van der Waals surface area contributed by atoms with Crippen LogP contribution < -0.4 is 5.32 Å². The van der Waals surface area contributed by atoms with E-state index in [-0.39, 0.29) is 6.04 Å². The van der Waals surface area contributed by atoms with Gasteiger partial charge in [0.25, 0.3) is 0 Å². The Kier molecular flexibility index (Phi) is 3.53. The van der Waals surface area contributed by atoms with E-state index < -0.39 is 0 Å². The Bertz CT molecular complexity index is 675. The molecule has 1 aromatic heterocycles. The van der Waals surface area contributed by atoms with Gasteiger partial charge >= 0.3 is 0 Å². The Morgan fingerprint density at radius 1 is 1.42 bits per heavy atom. The Morgan fingerprint density at radius 2 is 2.26 bits per heavy atom. The molecular weight excluding hydrogens is 344 g/mol. The first-order chi connectivity index (χ1) is 9.17. The number of fused-ring (bicyclic) bond motifs is 1. The fourth-order valence-corrected chi connectivity index (χ4v) is 4.12. The number of nitriles is 1. The molecule has 1 heterocycles. The summed E-state index contributed by atoms with van der Waals surface area (Å²) in [5.41, 5.74) is 2.82. The fourth-order valence-electron chi connectivity index (χ4n) is 2.40. The molecule has 2 aromatic rings. The van der Waals surface area contributed by atoms with E-state index in [0.29, 0.717) is 5.56 Å². The third kappa shape index (κ3) is 2.51. The summed E-state index contributed by atoms with van der Waals surface area (Å²) in [6.45, 7) is 0. The summed E-state index contributed by atoms with van der Waals surface area (Å²) in [6.07, 6.45) is 2.11. The lowest BCUT2D eigenvalue weighted by atomic mass is 10.1. The van der Waals surface area contributed by atoms with Crippen LogP contribution in [0.3, 0.4) is 0 Å². The predicted octanol–water partition coefficient (Wildman–Crippen LogP) is 5.14. The lowest BCUT2D eigenvalue weighted by molar-refractivity contribution is 0.762. The van der Waals surface area contributed by atoms with Gasteiger partial charge in [0.05, 0.1) is 21.6 Å². The molecule has 0 fully saturated rings. The molecule has 1 aliphatic carbocycles. The summed E-state index contributed by atoms with van der Waals surface area (Å²) in [5, 5.41) is 12.6. The van der Waals surface area contributed by atoms with Gasteiger partial charge in [0, 0.05) is 9.35 Å². The molecule has 1 aromatic carbocycles. The third-order valence-electron chi connectivity index (χ3n) is 3.28. The van der Waals surface area contributed by atoms with Gasteiger partial charge in [0.1, 0.15) is 6.07 Å². The van der Waals surface area contributed by atoms with E-state index in [2.05, 4.69) is 27.3 Å². The van der Waals surface area contributed by atoms with E-state index in [1.165, 1.54) is 10.4 Å². The van der Waals surface area contributed by atoms with Crippen LogP contribution in [-0.4, -0.2) is 0 Å². The molecule has 0 amide bonds. The van der Waals surface area contributed by atoms with Crippen LogP contribution in [-0.2, 0) is 6.42 Å². The molecule has 1 atom stereocenters. The lowest BCUT2D eigenvalue weighted by Gasteiger charge is -2.15. The summed E-state index contributed by atoms with van der Waals surface area (Å²) in [5.74, 6) is 0. The lowest BCUT2D eigenvalue weighted by Crippen LogP contribution is -2.07. The van der Waals surface area contributed by atoms with Gasteiger partial charge in [-0.1, -0.05) is 27.5 Å². The number of benzene rings is 1. The van der Waals surface area contributed by atoms with E-state index in [4.69, 9.17) is 11.6 Å². The van der Waals surface area contributed by atoms with Gasteiger partial charge in [-0.2, -0.15) is 5.26 Å². The third-order valence-corrected chi connectivity index (χ3v) is 5.11. The number of halogens is 2. The van der Waals surface area contributed by atoms with Gasteiger partial charge in [-0.05, 0) is 42.7 Å². The van der Waals surface area contributed by atoms with Crippen molar-refractivity contribution in [3.63, 3.8) is 0 Å². The molecule has 0 aliphatic heterocycles. The first-order valence-corrected chi connectivity index (χ1v) is 7.90. The summed E-state index contributed by atoms with van der Waals surface area (Å²) in [7, 11) is 0. The summed E-state index contributed by atoms with van der Waals surface area (Å²) >= 11 is 11.1. The highest BCUT2D eigenvalue weighted by molar-refractivity contribution is 9.10. The highest BCUT2D eigenvalue weighted by Gasteiger charge is 2.25. The SMILES string of the molecule is N#Cc1cc(Br)ccc1NC1CCc2sc(Cl)cc21. The maximum Gasteiger partial charge on any atom is 0.101 e. The standard InChI is InChI=1S/C14H10BrClN2S/c15-9-1-2-11(8(5-9)7-17)18-12-3-4-13-10(12)6-14(16)19-13/h1-2,5-6,12,18H,3-4H2. The van der Waals surface area contributed by atoms with Crippen LogP contribution >= 0.6 is 38.9 Å². The average molecular weight is 354 g/mol. The van der Waals surface area contributed by atoms with Crippen LogP contribution in [0.2, 0.25) is 4.34 Å². The number of hydrogen-bond acceptors (Lipinski definition) is 3. The normalized spacial score (nSPS) is 17.0. The van der Waals surface area contributed by atoms with Crippen molar-refractivity contribution in [2.75, 3.05) is 5.32 Å². The van der Waals surface area contributed by atoms with Crippen LogP contribution in [0.1, 0.15) is 28.5 Å². The summed E-state index contributed by atoms with van der Waals surface area (Å²) in [6, 6.07) is 10.2. The second kappa shape index (κ2) is 5.16. The average Bonchev–Trinajstić information content (AvgIpc) is 2.92. The molecule has 19 heavy (non-hydrogen) atoms. The van der Waals surface area contributed by atoms with E-state index in [1.54, 1.807) is 11.3 Å². The van der Waals surface area contributed by atoms with Crippen LogP contribution in [0, 0.1) is 11.3 Å². The number of anilines is 1. The Balaban J connectivity index is 1.89. The van der Waals surface area contributed by atoms with Gasteiger partial charge in [-0.3, -0.25) is 0 Å². The minimum Gasteiger partial charge on any atom is -0.377 e. The van der Waals surface area contributed by atoms with E-state index >= 15 is 0 Å². The summed E-state index contributed by atoms with van der Waals surface area (Å²) in [4.78, 5) is 1.36. The van der Waals surface area contributed by atoms with E-state index in [9.17, 15) is 5.26 Å². The van der Waals surface area contributed by atoms with Crippen molar-refractivity contribution in [3.05, 3.63) is 49.1 Å². The Labute approximate surface area is 129 Å². The highest BCUT2D eigenvalue weighted by atomic mass is 79.9. The molecule has 1 N–H and O–H groups in total. The first kappa shape index (κ1) is 13.0. The zero-order chi connectivity index (χ0) is 13.4. The minimum atomic E-state index is 0.257. The second-order valence-corrected chi connectivity index (χ2v) is 7.15. The Morgan fingerprint density at radius 3 is 3.05 bits per heavy atom. The molecular formula is C14H10BrClN2S. The number of nitrogens with zero attached hydrogens (tertiary/aromatic N) is 1. The van der Waals surface area contributed by atoms with Gasteiger partial charge in [-0.15, -0.1) is 11.3 Å². The van der Waals surface area contributed by atoms with Crippen molar-refractivity contribution in [1.82, 2.24) is 0 Å². The molecule has 1 unspecified atom stereocenters. The zero-order valence-corrected chi connectivity index (χ0v) is 13.1. The highest BCUT2D eigenvalue weighted by Crippen LogP contribution is 2.41. The number of nitrogens with one attached hydrogen (secondary N) is 1. The van der Waals surface area contributed by atoms with Crippen molar-refractivity contribution in [2.24, 2.45) is 0 Å². The molecule has 0 spiro atoms. The van der Waals surface area contributed by atoms with Gasteiger partial charge in [-0.25, -0.2) is 0 Å². The van der Waals surface area contributed by atoms with Gasteiger partial charge in [0.2, 0.25) is 0 Å². The quantitative estimate of drug-likeness (QED) is 0.812. The van der Waals surface area contributed by atoms with Crippen molar-refractivity contribution in [1.29, 1.82) is 5.26 Å². The van der Waals surface area contributed by atoms with Crippen LogP contribution in [0.25, 0.3) is 0 Å². The van der Waals surface area contributed by atoms with Gasteiger partial charge < -0.3 is 5.32 Å². The first-order valence-electron chi connectivity index (χ1n) is 5.91. The van der Waals surface area contributed by atoms with Crippen molar-refractivity contribution in [3.8, 4) is 6.07 Å². The molecule has 5 heteroatoms.